The van der Waals surface area contributed by atoms with Crippen LogP contribution in [0.15, 0.2) is 28.7 Å². The lowest BCUT2D eigenvalue weighted by Crippen LogP contribution is -1.91. The predicted octanol–water partition coefficient (Wildman–Crippen LogP) is 3.54. The molecule has 0 amide bonds. The van der Waals surface area contributed by atoms with Crippen LogP contribution in [0.3, 0.4) is 0 Å². The molecule has 1 aromatic heterocycles. The summed E-state index contributed by atoms with van der Waals surface area (Å²) in [6, 6.07) is 8.07. The number of halogens is 1. The van der Waals surface area contributed by atoms with E-state index in [1.54, 1.807) is 0 Å². The van der Waals surface area contributed by atoms with Crippen LogP contribution >= 0.6 is 15.9 Å². The van der Waals surface area contributed by atoms with Crippen LogP contribution in [0, 0.1) is 0 Å². The molecule has 0 unspecified atom stereocenters. The van der Waals surface area contributed by atoms with E-state index < -0.39 is 0 Å². The Morgan fingerprint density at radius 1 is 1.38 bits per heavy atom. The van der Waals surface area contributed by atoms with Gasteiger partial charge in [0.2, 0.25) is 0 Å². The van der Waals surface area contributed by atoms with Crippen LogP contribution in [-0.2, 0) is 0 Å². The minimum atomic E-state index is 0.374. The van der Waals surface area contributed by atoms with Gasteiger partial charge in [0.1, 0.15) is 0 Å². The third-order valence-corrected chi connectivity index (χ3v) is 2.92. The minimum Gasteiger partial charge on any atom is -0.369 e. The van der Waals surface area contributed by atoms with Crippen molar-refractivity contribution < 1.29 is 0 Å². The molecule has 0 aliphatic heterocycles. The lowest BCUT2D eigenvalue weighted by Gasteiger charge is -2.05. The minimum absolute atomic E-state index is 0.374. The zero-order chi connectivity index (χ0) is 11.7. The molecule has 0 atom stereocenters. The molecule has 0 radical (unpaired) electrons. The number of anilines is 1. The Morgan fingerprint density at radius 3 is 2.75 bits per heavy atom. The highest BCUT2D eigenvalue weighted by Crippen LogP contribution is 2.29. The van der Waals surface area contributed by atoms with Crippen LogP contribution in [0.5, 0.6) is 0 Å². The summed E-state index contributed by atoms with van der Waals surface area (Å²) in [4.78, 5) is 7.46. The van der Waals surface area contributed by atoms with Gasteiger partial charge in [0, 0.05) is 15.7 Å². The van der Waals surface area contributed by atoms with E-state index in [0.717, 1.165) is 21.4 Å². The number of nitrogens with zero attached hydrogens (tertiary/aromatic N) is 1. The first-order chi connectivity index (χ1) is 7.58. The number of imidazole rings is 1. The summed E-state index contributed by atoms with van der Waals surface area (Å²) in [7, 11) is 0. The van der Waals surface area contributed by atoms with Crippen molar-refractivity contribution in [2.75, 3.05) is 5.73 Å². The number of rotatable bonds is 2. The first kappa shape index (κ1) is 11.2. The number of H-pyrrole nitrogens is 1. The Balaban J connectivity index is 2.55. The van der Waals surface area contributed by atoms with Crippen LogP contribution in [0.2, 0.25) is 0 Å². The van der Waals surface area contributed by atoms with E-state index in [1.165, 1.54) is 0 Å². The maximum absolute atomic E-state index is 5.71. The van der Waals surface area contributed by atoms with E-state index in [9.17, 15) is 0 Å². The van der Waals surface area contributed by atoms with Gasteiger partial charge in [-0.1, -0.05) is 41.9 Å². The summed E-state index contributed by atoms with van der Waals surface area (Å²) < 4.78 is 1.04. The molecule has 0 fully saturated rings. The zero-order valence-corrected chi connectivity index (χ0v) is 10.9. The smallest absolute Gasteiger partial charge is 0.198 e. The van der Waals surface area contributed by atoms with Crippen molar-refractivity contribution in [1.29, 1.82) is 0 Å². The van der Waals surface area contributed by atoms with Crippen molar-refractivity contribution in [3.63, 3.8) is 0 Å². The average molecular weight is 280 g/mol. The molecule has 0 bridgehead atoms. The number of nitrogen functional groups attached to an aromatic ring is 1. The molecule has 2 aromatic rings. The van der Waals surface area contributed by atoms with Gasteiger partial charge in [-0.05, 0) is 18.1 Å². The fourth-order valence-corrected chi connectivity index (χ4v) is 2.08. The van der Waals surface area contributed by atoms with Crippen molar-refractivity contribution in [1.82, 2.24) is 9.97 Å². The molecule has 1 aromatic carbocycles. The standard InChI is InChI=1S/C12H14BrN3/c1-7(2)10-11(16-12(14)15-10)8-4-3-5-9(13)6-8/h3-7H,1-2H3,(H3,14,15,16). The second kappa shape index (κ2) is 4.29. The molecule has 16 heavy (non-hydrogen) atoms. The van der Waals surface area contributed by atoms with Gasteiger partial charge in [-0.2, -0.15) is 0 Å². The predicted molar refractivity (Wildman–Crippen MR) is 70.2 cm³/mol. The highest BCUT2D eigenvalue weighted by Gasteiger charge is 2.13. The normalized spacial score (nSPS) is 11.0. The largest absolute Gasteiger partial charge is 0.369 e. The second-order valence-corrected chi connectivity index (χ2v) is 4.97. The van der Waals surface area contributed by atoms with E-state index in [2.05, 4.69) is 39.7 Å². The van der Waals surface area contributed by atoms with Crippen LogP contribution in [0.25, 0.3) is 11.3 Å². The first-order valence-corrected chi connectivity index (χ1v) is 5.98. The number of hydrogen-bond acceptors (Lipinski definition) is 2. The van der Waals surface area contributed by atoms with Crippen molar-refractivity contribution in [2.45, 2.75) is 19.8 Å². The van der Waals surface area contributed by atoms with Gasteiger partial charge in [0.25, 0.3) is 0 Å². The van der Waals surface area contributed by atoms with E-state index in [-0.39, 0.29) is 0 Å². The molecular weight excluding hydrogens is 266 g/mol. The molecule has 84 valence electrons. The number of nitrogens with one attached hydrogen (secondary N) is 1. The van der Waals surface area contributed by atoms with E-state index in [0.29, 0.717) is 11.9 Å². The second-order valence-electron chi connectivity index (χ2n) is 4.05. The molecule has 0 aliphatic carbocycles. The van der Waals surface area contributed by atoms with Gasteiger partial charge in [-0.15, -0.1) is 0 Å². The van der Waals surface area contributed by atoms with Gasteiger partial charge in [-0.3, -0.25) is 0 Å². The SMILES string of the molecule is CC(C)c1[nH]c(N)nc1-c1cccc(Br)c1. The van der Waals surface area contributed by atoms with Crippen LogP contribution < -0.4 is 5.73 Å². The fraction of sp³-hybridized carbons (Fsp3) is 0.250. The van der Waals surface area contributed by atoms with Gasteiger partial charge < -0.3 is 10.7 Å². The number of hydrogen-bond donors (Lipinski definition) is 2. The van der Waals surface area contributed by atoms with Crippen molar-refractivity contribution in [3.05, 3.63) is 34.4 Å². The molecule has 0 saturated carbocycles. The lowest BCUT2D eigenvalue weighted by molar-refractivity contribution is 0.836. The number of aromatic amines is 1. The lowest BCUT2D eigenvalue weighted by atomic mass is 10.0. The van der Waals surface area contributed by atoms with E-state index in [1.807, 2.05) is 24.3 Å². The molecule has 3 nitrogen and oxygen atoms in total. The third-order valence-electron chi connectivity index (χ3n) is 2.43. The van der Waals surface area contributed by atoms with E-state index in [4.69, 9.17) is 5.73 Å². The average Bonchev–Trinajstić information content (AvgIpc) is 2.60. The summed E-state index contributed by atoms with van der Waals surface area (Å²) in [5.41, 5.74) is 8.81. The zero-order valence-electron chi connectivity index (χ0n) is 9.29. The van der Waals surface area contributed by atoms with Crippen LogP contribution in [0.1, 0.15) is 25.5 Å². The number of aromatic nitrogens is 2. The number of nitrogens with two attached hydrogens (primary N) is 1. The Hall–Kier alpha value is -1.29. The topological polar surface area (TPSA) is 54.7 Å². The maximum Gasteiger partial charge on any atom is 0.198 e. The molecule has 4 heteroatoms. The van der Waals surface area contributed by atoms with Gasteiger partial charge in [0.05, 0.1) is 5.69 Å². The Kier molecular flexibility index (Phi) is 3.01. The molecule has 0 aliphatic rings. The molecule has 0 saturated heterocycles. The highest BCUT2D eigenvalue weighted by molar-refractivity contribution is 9.10. The van der Waals surface area contributed by atoms with Gasteiger partial charge in [-0.25, -0.2) is 4.98 Å². The van der Waals surface area contributed by atoms with Gasteiger partial charge >= 0.3 is 0 Å². The molecule has 2 rings (SSSR count). The maximum atomic E-state index is 5.71. The summed E-state index contributed by atoms with van der Waals surface area (Å²) in [5.74, 6) is 0.845. The molecule has 3 N–H and O–H groups in total. The van der Waals surface area contributed by atoms with Crippen LogP contribution in [0.4, 0.5) is 5.95 Å². The molecule has 0 spiro atoms. The first-order valence-electron chi connectivity index (χ1n) is 5.19. The third kappa shape index (κ3) is 2.11. The summed E-state index contributed by atoms with van der Waals surface area (Å²) in [5, 5.41) is 0. The fourth-order valence-electron chi connectivity index (χ4n) is 1.68. The monoisotopic (exact) mass is 279 g/mol. The summed E-state index contributed by atoms with van der Waals surface area (Å²) >= 11 is 3.46. The van der Waals surface area contributed by atoms with Crippen molar-refractivity contribution in [3.8, 4) is 11.3 Å². The Morgan fingerprint density at radius 2 is 2.12 bits per heavy atom. The molecule has 1 heterocycles. The highest BCUT2D eigenvalue weighted by atomic mass is 79.9. The Labute approximate surface area is 103 Å². The van der Waals surface area contributed by atoms with Crippen molar-refractivity contribution >= 4 is 21.9 Å². The summed E-state index contributed by atoms with van der Waals surface area (Å²) in [6.07, 6.45) is 0. The quantitative estimate of drug-likeness (QED) is 0.884. The van der Waals surface area contributed by atoms with E-state index >= 15 is 0 Å². The van der Waals surface area contributed by atoms with Crippen molar-refractivity contribution in [2.24, 2.45) is 0 Å². The number of benzene rings is 1. The Bertz CT molecular complexity index is 503. The molecular formula is C12H14BrN3. The summed E-state index contributed by atoms with van der Waals surface area (Å²) in [6.45, 7) is 4.24. The van der Waals surface area contributed by atoms with Gasteiger partial charge in [0.15, 0.2) is 5.95 Å². The van der Waals surface area contributed by atoms with Crippen LogP contribution in [-0.4, -0.2) is 9.97 Å².